The number of carbonyl (C=O) groups is 10. The first-order chi connectivity index (χ1) is 44.8. The van der Waals surface area contributed by atoms with Crippen LogP contribution in [0, 0.1) is 11.8 Å². The molecule has 0 aliphatic heterocycles. The third kappa shape index (κ3) is 56.0. The molecule has 0 radical (unpaired) electrons. The Labute approximate surface area is 591 Å². The van der Waals surface area contributed by atoms with Crippen LogP contribution < -0.4 is 32.1 Å². The number of nitrogens with one attached hydrogen (secondary N) is 5. The molecular weight excluding hydrogens is 1620 g/mol. The minimum atomic E-state index is -3.75. The zero-order chi connectivity index (χ0) is 70.2. The van der Waals surface area contributed by atoms with Gasteiger partial charge in [-0.05, 0) is 95.4 Å². The van der Waals surface area contributed by atoms with Gasteiger partial charge in [-0.3, -0.25) is 52.7 Å². The zero-order valence-corrected chi connectivity index (χ0v) is 63.2. The van der Waals surface area contributed by atoms with Gasteiger partial charge in [0.15, 0.2) is 11.6 Å². The van der Waals surface area contributed by atoms with E-state index >= 15 is 0 Å². The van der Waals surface area contributed by atoms with Gasteiger partial charge in [0, 0.05) is 75.9 Å². The van der Waals surface area contributed by atoms with Crippen LogP contribution >= 0.6 is 59.9 Å². The molecule has 0 saturated carbocycles. The van der Waals surface area contributed by atoms with E-state index in [1.54, 1.807) is 31.2 Å². The molecule has 28 nitrogen and oxygen atoms in total. The Balaban J connectivity index is 0.00000175. The molecule has 0 fully saturated rings. The average molecular weight is 1730 g/mol. The van der Waals surface area contributed by atoms with E-state index in [1.165, 1.54) is 58.3 Å². The number of carbonyl (C=O) groups excluding carboxylic acids is 8. The topological polar surface area (TPSA) is 437 Å². The molecule has 1 heterocycles. The number of ketones is 3. The molecule has 2 rings (SSSR count). The van der Waals surface area contributed by atoms with Crippen molar-refractivity contribution in [2.75, 3.05) is 77.4 Å². The van der Waals surface area contributed by atoms with Crippen molar-refractivity contribution in [3.63, 3.8) is 0 Å². The number of carboxylic acids is 2. The number of nitrogen functional groups attached to an aromatic ring is 1. The summed E-state index contributed by atoms with van der Waals surface area (Å²) >= 11 is 7.39. The van der Waals surface area contributed by atoms with Crippen LogP contribution in [0.3, 0.4) is 0 Å². The van der Waals surface area contributed by atoms with Crippen molar-refractivity contribution in [3.05, 3.63) is 35.7 Å². The summed E-state index contributed by atoms with van der Waals surface area (Å²) in [6, 6.07) is 5.63. The molecule has 0 aliphatic carbocycles. The Morgan fingerprint density at radius 3 is 1.70 bits per heavy atom. The van der Waals surface area contributed by atoms with Gasteiger partial charge < -0.3 is 56.6 Å². The van der Waals surface area contributed by atoms with Crippen molar-refractivity contribution in [2.45, 2.75) is 200 Å². The van der Waals surface area contributed by atoms with Gasteiger partial charge in [0.1, 0.15) is 30.8 Å². The fourth-order valence-corrected chi connectivity index (χ4v) is 10.0. The number of tetrazole rings is 1. The number of aromatic amines is 1. The molecule has 94 heavy (non-hydrogen) atoms. The number of anilines is 1. The Bertz CT molecular complexity index is 2560. The first-order valence-electron chi connectivity index (χ1n) is 32.2. The van der Waals surface area contributed by atoms with Crippen LogP contribution in [0.4, 0.5) is 5.69 Å². The summed E-state index contributed by atoms with van der Waals surface area (Å²) in [7, 11) is -3.75. The van der Waals surface area contributed by atoms with Gasteiger partial charge in [-0.25, -0.2) is 8.42 Å². The second-order valence-corrected chi connectivity index (χ2v) is 59.5. The van der Waals surface area contributed by atoms with Crippen LogP contribution in [0.25, 0.3) is 0 Å². The number of hydrogen-bond acceptors (Lipinski definition) is 20. The summed E-state index contributed by atoms with van der Waals surface area (Å²) in [4.78, 5) is 117. The number of carboxylic acid groups (broad SMARTS) is 2. The van der Waals surface area contributed by atoms with Crippen LogP contribution in [0.15, 0.2) is 24.3 Å². The number of hydrogen-bond donors (Lipinski definition) is 9. The first kappa shape index (κ1) is 90.0. The van der Waals surface area contributed by atoms with E-state index in [2.05, 4.69) is 101 Å². The summed E-state index contributed by atoms with van der Waals surface area (Å²) in [6.07, 6.45) is 18.4. The van der Waals surface area contributed by atoms with E-state index in [0.717, 1.165) is 37.9 Å². The van der Waals surface area contributed by atoms with Crippen molar-refractivity contribution in [1.82, 2.24) is 41.3 Å². The van der Waals surface area contributed by atoms with Gasteiger partial charge in [0.2, 0.25) is 33.7 Å². The van der Waals surface area contributed by atoms with Crippen molar-refractivity contribution in [1.29, 1.82) is 0 Å². The molecule has 11 N–H and O–H groups in total. The van der Waals surface area contributed by atoms with E-state index in [9.17, 15) is 61.5 Å². The number of nitrogens with two attached hydrogens (primary N) is 2. The molecule has 0 saturated heterocycles. The normalized spacial score (nSPS) is 12.0. The molecule has 2 aromatic rings. The standard InChI is InChI=1S/C33H50N4O11.C28H52N6O7S.3HI.V/c1-2-22(32(43)44)10-15-27(39)20-24(33(45)46)11-14-26(38)6-5-17-47-18-19-48-21-29(40)37-28(30(35)41)7-3-4-16-36-31(42)23-8-12-25(34)13-9-23;1-25(35)24-41-22-21-40-20-19-29-27(36)18-15-23-42(38,39)32-28(37)17-14-12-10-8-6-4-2-3-5-7-9-11-13-16-26-30-33-34-31-26;;;;/h8-9,12-13,22,24,28H,2-7,10-11,14-21,34H2,1H3,(H2,35,41)(H,36,42)(H,37,40)(H,43,44)(H,45,46);2-24H2,1H3,(H,29,36)(H,32,37)(H,30,31,33,34);3*1H;/q;;;;;+3/p-3. The van der Waals surface area contributed by atoms with Crippen molar-refractivity contribution >= 4 is 134 Å². The molecule has 3 unspecified atom stereocenters. The fourth-order valence-electron chi connectivity index (χ4n) is 8.96. The summed E-state index contributed by atoms with van der Waals surface area (Å²) < 4.78 is 47.3. The van der Waals surface area contributed by atoms with E-state index in [1.807, 2.05) is 0 Å². The molecule has 33 heteroatoms. The SMILES string of the molecule is CC(=O)COCCOCCNC(=O)CCCS(=O)(=O)NC(=O)CCCCCCCCCCCCCCCc1nn[nH]n1.CCC(CCC(=O)CC(CCC(=O)CCCOCCOCC(=O)NC(CCCCNC(=O)c1ccc(N)cc1)C(N)=O)C(=O)O)C(=O)O.[I][V]([I])[I]. The molecular formula is C61H102I3N10O18SV. The summed E-state index contributed by atoms with van der Waals surface area (Å²) in [5.41, 5.74) is 12.1. The number of H-pyrrole nitrogens is 1. The second-order valence-electron chi connectivity index (χ2n) is 22.3. The van der Waals surface area contributed by atoms with Gasteiger partial charge in [0.25, 0.3) is 5.91 Å². The number of halogens is 3. The van der Waals surface area contributed by atoms with Crippen LogP contribution in [0.5, 0.6) is 0 Å². The summed E-state index contributed by atoms with van der Waals surface area (Å²) in [5, 5.41) is 40.4. The van der Waals surface area contributed by atoms with Gasteiger partial charge in [-0.15, -0.1) is 10.2 Å². The van der Waals surface area contributed by atoms with E-state index in [0.29, 0.717) is 76.1 Å². The zero-order valence-electron chi connectivity index (χ0n) is 54.5. The molecule has 1 aromatic heterocycles. The Morgan fingerprint density at radius 2 is 1.14 bits per heavy atom. The average Bonchev–Trinajstić information content (AvgIpc) is 3.88. The molecule has 0 aliphatic rings. The molecule has 536 valence electrons. The molecule has 1 aromatic carbocycles. The maximum absolute atomic E-state index is 12.2. The molecule has 0 spiro atoms. The van der Waals surface area contributed by atoms with E-state index < -0.39 is 57.6 Å². The van der Waals surface area contributed by atoms with Gasteiger partial charge in [-0.1, -0.05) is 82.8 Å². The van der Waals surface area contributed by atoms with E-state index in [-0.39, 0.29) is 137 Å². The van der Waals surface area contributed by atoms with Gasteiger partial charge in [-0.2, -0.15) is 5.21 Å². The third-order valence-electron chi connectivity index (χ3n) is 14.1. The maximum atomic E-state index is 12.2. The summed E-state index contributed by atoms with van der Waals surface area (Å²) in [5.74, 6) is -6.05. The van der Waals surface area contributed by atoms with Crippen LogP contribution in [-0.2, 0) is 83.5 Å². The third-order valence-corrected chi connectivity index (χ3v) is 15.5. The van der Waals surface area contributed by atoms with Crippen molar-refractivity contribution in [3.8, 4) is 0 Å². The number of Topliss-reactive ketones (excluding diaryl/α,β-unsaturated/α-hetero) is 3. The number of aromatic nitrogens is 4. The number of primary amides is 1. The number of unbranched alkanes of at least 4 members (excludes halogenated alkanes) is 13. The number of aliphatic carboxylic acids is 2. The Hall–Kier alpha value is -4.05. The number of ether oxygens (including phenoxy) is 4. The fraction of sp³-hybridized carbons (Fsp3) is 0.721. The van der Waals surface area contributed by atoms with E-state index in [4.69, 9.17) is 35.5 Å². The number of nitrogens with zero attached hydrogens (tertiary/aromatic N) is 3. The molecule has 0 bridgehead atoms. The Morgan fingerprint density at radius 1 is 0.596 bits per heavy atom. The predicted molar refractivity (Wildman–Crippen MR) is 376 cm³/mol. The minimum absolute atomic E-state index is 0.00254. The summed E-state index contributed by atoms with van der Waals surface area (Å²) in [6.45, 7) is 4.96. The van der Waals surface area contributed by atoms with Crippen molar-refractivity contribution < 1.29 is 90.4 Å². The number of aryl methyl sites for hydroxylation is 1. The van der Waals surface area contributed by atoms with Gasteiger partial charge >= 0.3 is 76.8 Å². The van der Waals surface area contributed by atoms with Crippen LogP contribution in [0.2, 0.25) is 0 Å². The first-order valence-corrected chi connectivity index (χ1v) is 47.3. The number of rotatable bonds is 57. The predicted octanol–water partition coefficient (Wildman–Crippen LogP) is 7.68. The molecule has 5 amide bonds. The quantitative estimate of drug-likeness (QED) is 0.0174. The number of sulfonamides is 1. The van der Waals surface area contributed by atoms with Crippen LogP contribution in [-0.4, -0.2) is 176 Å². The van der Waals surface area contributed by atoms with Gasteiger partial charge in [0.05, 0.1) is 50.6 Å². The number of amides is 5. The number of benzene rings is 1. The monoisotopic (exact) mass is 1730 g/mol. The molecule has 3 atom stereocenters. The Kier molecular flexibility index (Phi) is 56.5. The van der Waals surface area contributed by atoms with Crippen LogP contribution in [0.1, 0.15) is 203 Å². The van der Waals surface area contributed by atoms with Crippen molar-refractivity contribution in [2.24, 2.45) is 17.6 Å². The second kappa shape index (κ2) is 59.0.